The first-order chi connectivity index (χ1) is 12.0. The van der Waals surface area contributed by atoms with E-state index in [1.807, 2.05) is 25.1 Å². The third-order valence-electron chi connectivity index (χ3n) is 4.24. The molecule has 1 aliphatic heterocycles. The van der Waals surface area contributed by atoms with E-state index in [2.05, 4.69) is 10.2 Å². The van der Waals surface area contributed by atoms with Gasteiger partial charge in [0.25, 0.3) is 0 Å². The van der Waals surface area contributed by atoms with Crippen molar-refractivity contribution in [3.63, 3.8) is 0 Å². The number of nitrogens with zero attached hydrogens (tertiary/aromatic N) is 1. The van der Waals surface area contributed by atoms with E-state index < -0.39 is 0 Å². The number of rotatable bonds is 7. The van der Waals surface area contributed by atoms with E-state index in [0.717, 1.165) is 30.6 Å². The first-order valence-electron chi connectivity index (χ1n) is 8.86. The Morgan fingerprint density at radius 1 is 1.20 bits per heavy atom. The van der Waals surface area contributed by atoms with Crippen molar-refractivity contribution in [1.29, 1.82) is 0 Å². The summed E-state index contributed by atoms with van der Waals surface area (Å²) in [6, 6.07) is 5.45. The van der Waals surface area contributed by atoms with E-state index >= 15 is 0 Å². The number of amides is 1. The van der Waals surface area contributed by atoms with Crippen LogP contribution in [0.5, 0.6) is 0 Å². The topological polar surface area (TPSA) is 32.3 Å². The summed E-state index contributed by atoms with van der Waals surface area (Å²) >= 11 is 11.9. The third kappa shape index (κ3) is 7.64. The number of hydrogen-bond donors (Lipinski definition) is 1. The Morgan fingerprint density at radius 2 is 1.96 bits per heavy atom. The van der Waals surface area contributed by atoms with E-state index in [0.29, 0.717) is 10.0 Å². The lowest BCUT2D eigenvalue weighted by atomic mass is 10.1. The molecular formula is C20H26Cl2N2O. The van der Waals surface area contributed by atoms with E-state index in [1.165, 1.54) is 32.4 Å². The largest absolute Gasteiger partial charge is 0.352 e. The lowest BCUT2D eigenvalue weighted by molar-refractivity contribution is -0.116. The first-order valence-corrected chi connectivity index (χ1v) is 9.62. The molecule has 0 bridgehead atoms. The quantitative estimate of drug-likeness (QED) is 0.412. The van der Waals surface area contributed by atoms with Crippen LogP contribution in [0.15, 0.2) is 35.9 Å². The molecule has 1 saturated heterocycles. The van der Waals surface area contributed by atoms with Gasteiger partial charge in [-0.25, -0.2) is 0 Å². The van der Waals surface area contributed by atoms with Gasteiger partial charge in [-0.2, -0.15) is 0 Å². The number of likely N-dealkylation sites (tertiary alicyclic amines) is 1. The Balaban J connectivity index is 1.71. The van der Waals surface area contributed by atoms with Crippen molar-refractivity contribution in [2.75, 3.05) is 26.2 Å². The number of halogens is 2. The summed E-state index contributed by atoms with van der Waals surface area (Å²) < 4.78 is 0. The maximum absolute atomic E-state index is 11.9. The van der Waals surface area contributed by atoms with Gasteiger partial charge >= 0.3 is 0 Å². The Bertz CT molecular complexity index is 635. The predicted molar refractivity (Wildman–Crippen MR) is 107 cm³/mol. The summed E-state index contributed by atoms with van der Waals surface area (Å²) in [5, 5.41) is 4.02. The second kappa shape index (κ2) is 10.6. The van der Waals surface area contributed by atoms with E-state index in [4.69, 9.17) is 23.2 Å². The molecule has 0 aromatic heterocycles. The summed E-state index contributed by atoms with van der Waals surface area (Å²) in [5.41, 5.74) is 1.84. The standard InChI is InChI=1S/C20H26Cl2N2O/c1-16(6-7-17-8-9-18(21)19(22)15-17)14-20(25)23-10-5-13-24-11-3-2-4-12-24/h6-9,14-15H,2-5,10-13H2,1H3,(H,23,25). The molecule has 1 aromatic carbocycles. The third-order valence-corrected chi connectivity index (χ3v) is 4.98. The summed E-state index contributed by atoms with van der Waals surface area (Å²) in [5.74, 6) is -0.0464. The minimum Gasteiger partial charge on any atom is -0.352 e. The zero-order chi connectivity index (χ0) is 18.1. The molecule has 0 radical (unpaired) electrons. The fourth-order valence-electron chi connectivity index (χ4n) is 2.85. The monoisotopic (exact) mass is 380 g/mol. The number of allylic oxidation sites excluding steroid dienone is 2. The molecule has 0 aliphatic carbocycles. The highest BCUT2D eigenvalue weighted by Crippen LogP contribution is 2.23. The molecule has 0 spiro atoms. The van der Waals surface area contributed by atoms with Crippen molar-refractivity contribution in [2.24, 2.45) is 0 Å². The normalized spacial score (nSPS) is 16.4. The summed E-state index contributed by atoms with van der Waals surface area (Å²) in [4.78, 5) is 14.4. The van der Waals surface area contributed by atoms with Crippen LogP contribution < -0.4 is 5.32 Å². The van der Waals surface area contributed by atoms with E-state index in [9.17, 15) is 4.79 Å². The number of benzene rings is 1. The van der Waals surface area contributed by atoms with Gasteiger partial charge in [-0.3, -0.25) is 4.79 Å². The van der Waals surface area contributed by atoms with Crippen LogP contribution in [0.1, 0.15) is 38.2 Å². The summed E-state index contributed by atoms with van der Waals surface area (Å²) in [6.45, 7) is 6.09. The molecule has 1 aliphatic rings. The van der Waals surface area contributed by atoms with Crippen LogP contribution in [0.25, 0.3) is 6.08 Å². The second-order valence-electron chi connectivity index (χ2n) is 6.44. The number of hydrogen-bond acceptors (Lipinski definition) is 2. The molecule has 1 heterocycles. The molecule has 3 nitrogen and oxygen atoms in total. The van der Waals surface area contributed by atoms with E-state index in [1.54, 1.807) is 18.2 Å². The van der Waals surface area contributed by atoms with Crippen LogP contribution in [0, 0.1) is 0 Å². The average molecular weight is 381 g/mol. The van der Waals surface area contributed by atoms with Crippen LogP contribution in [-0.4, -0.2) is 37.0 Å². The fraction of sp³-hybridized carbons (Fsp3) is 0.450. The van der Waals surface area contributed by atoms with E-state index in [-0.39, 0.29) is 5.91 Å². The fourth-order valence-corrected chi connectivity index (χ4v) is 3.15. The number of piperidine rings is 1. The molecule has 0 unspecified atom stereocenters. The number of nitrogens with one attached hydrogen (secondary N) is 1. The minimum atomic E-state index is -0.0464. The Morgan fingerprint density at radius 3 is 2.68 bits per heavy atom. The summed E-state index contributed by atoms with van der Waals surface area (Å²) in [6.07, 6.45) is 10.4. The van der Waals surface area contributed by atoms with Gasteiger partial charge in [0.2, 0.25) is 5.91 Å². The van der Waals surface area contributed by atoms with Crippen LogP contribution in [0.4, 0.5) is 0 Å². The lowest BCUT2D eigenvalue weighted by Crippen LogP contribution is -2.33. The minimum absolute atomic E-state index is 0.0464. The number of carbonyl (C=O) groups excluding carboxylic acids is 1. The van der Waals surface area contributed by atoms with Gasteiger partial charge in [-0.1, -0.05) is 47.8 Å². The molecule has 25 heavy (non-hydrogen) atoms. The smallest absolute Gasteiger partial charge is 0.244 e. The molecule has 5 heteroatoms. The zero-order valence-corrected chi connectivity index (χ0v) is 16.2. The van der Waals surface area contributed by atoms with Gasteiger partial charge in [0, 0.05) is 12.6 Å². The molecule has 0 saturated carbocycles. The van der Waals surface area contributed by atoms with Crippen LogP contribution >= 0.6 is 23.2 Å². The van der Waals surface area contributed by atoms with Crippen molar-refractivity contribution in [3.05, 3.63) is 51.5 Å². The highest BCUT2D eigenvalue weighted by Gasteiger charge is 2.08. The lowest BCUT2D eigenvalue weighted by Gasteiger charge is -2.26. The first kappa shape index (κ1) is 20.0. The van der Waals surface area contributed by atoms with Crippen molar-refractivity contribution in [3.8, 4) is 0 Å². The predicted octanol–water partition coefficient (Wildman–Crippen LogP) is 4.95. The Hall–Kier alpha value is -1.29. The Labute approximate surface area is 160 Å². The maximum Gasteiger partial charge on any atom is 0.244 e. The second-order valence-corrected chi connectivity index (χ2v) is 7.26. The molecule has 1 amide bonds. The molecule has 1 fully saturated rings. The molecule has 136 valence electrons. The van der Waals surface area contributed by atoms with Gasteiger partial charge in [-0.05, 0) is 69.1 Å². The SMILES string of the molecule is CC(C=Cc1ccc(Cl)c(Cl)c1)=CC(=O)NCCCN1CCCCC1. The van der Waals surface area contributed by atoms with Gasteiger partial charge < -0.3 is 10.2 Å². The molecule has 0 atom stereocenters. The van der Waals surface area contributed by atoms with Crippen LogP contribution in [0.3, 0.4) is 0 Å². The van der Waals surface area contributed by atoms with Crippen LogP contribution in [-0.2, 0) is 4.79 Å². The number of carbonyl (C=O) groups is 1. The van der Waals surface area contributed by atoms with Crippen molar-refractivity contribution in [2.45, 2.75) is 32.6 Å². The molecule has 2 rings (SSSR count). The highest BCUT2D eigenvalue weighted by molar-refractivity contribution is 6.42. The van der Waals surface area contributed by atoms with Crippen molar-refractivity contribution >= 4 is 35.2 Å². The van der Waals surface area contributed by atoms with Gasteiger partial charge in [0.05, 0.1) is 10.0 Å². The zero-order valence-electron chi connectivity index (χ0n) is 14.7. The molecular weight excluding hydrogens is 355 g/mol. The average Bonchev–Trinajstić information content (AvgIpc) is 2.61. The molecule has 1 N–H and O–H groups in total. The van der Waals surface area contributed by atoms with Crippen LogP contribution in [0.2, 0.25) is 10.0 Å². The van der Waals surface area contributed by atoms with Crippen molar-refractivity contribution in [1.82, 2.24) is 10.2 Å². The van der Waals surface area contributed by atoms with Crippen molar-refractivity contribution < 1.29 is 4.79 Å². The Kier molecular flexibility index (Phi) is 8.53. The highest BCUT2D eigenvalue weighted by atomic mass is 35.5. The van der Waals surface area contributed by atoms with Gasteiger partial charge in [0.15, 0.2) is 0 Å². The summed E-state index contributed by atoms with van der Waals surface area (Å²) in [7, 11) is 0. The van der Waals surface area contributed by atoms with Gasteiger partial charge in [-0.15, -0.1) is 0 Å². The maximum atomic E-state index is 11.9. The molecule has 1 aromatic rings. The van der Waals surface area contributed by atoms with Gasteiger partial charge in [0.1, 0.15) is 0 Å².